The number of nitrogen functional groups attached to an aromatic ring is 1. The molecule has 0 aliphatic rings. The van der Waals surface area contributed by atoms with E-state index in [4.69, 9.17) is 5.73 Å². The topological polar surface area (TPSA) is 125 Å². The maximum Gasteiger partial charge on any atom is 0.405 e. The summed E-state index contributed by atoms with van der Waals surface area (Å²) in [5.74, 6) is 0.301. The van der Waals surface area contributed by atoms with Gasteiger partial charge in [-0.3, -0.25) is 9.79 Å². The second-order valence-corrected chi connectivity index (χ2v) is 8.89. The highest BCUT2D eigenvalue weighted by molar-refractivity contribution is 5.99. The van der Waals surface area contributed by atoms with Gasteiger partial charge in [-0.1, -0.05) is 24.3 Å². The van der Waals surface area contributed by atoms with Crippen molar-refractivity contribution >= 4 is 23.1 Å². The normalized spacial score (nSPS) is 13.2. The van der Waals surface area contributed by atoms with Crippen molar-refractivity contribution in [3.8, 4) is 0 Å². The molecule has 0 saturated heterocycles. The number of anilines is 1. The molecule has 0 radical (unpaired) electrons. The van der Waals surface area contributed by atoms with E-state index in [0.29, 0.717) is 54.7 Å². The molecule has 0 aliphatic carbocycles. The lowest BCUT2D eigenvalue weighted by molar-refractivity contribution is -0.122. The average Bonchev–Trinajstić information content (AvgIpc) is 3.25. The number of hydrogen-bond donors (Lipinski definition) is 4. The number of aromatic nitrogens is 3. The van der Waals surface area contributed by atoms with E-state index in [2.05, 4.69) is 31.0 Å². The fourth-order valence-corrected chi connectivity index (χ4v) is 3.59. The number of nitrogens with two attached hydrogens (primary N) is 1. The Hall–Kier alpha value is -3.87. The Bertz CT molecular complexity index is 1200. The lowest BCUT2D eigenvalue weighted by Gasteiger charge is -2.12. The lowest BCUT2D eigenvalue weighted by atomic mass is 10.1. The third kappa shape index (κ3) is 10.8. The number of fused-ring (bicyclic) bond motifs is 1. The van der Waals surface area contributed by atoms with Gasteiger partial charge in [-0.25, -0.2) is 9.50 Å². The van der Waals surface area contributed by atoms with E-state index in [1.165, 1.54) is 6.33 Å². The minimum atomic E-state index is -4.33. The molecule has 0 spiro atoms. The van der Waals surface area contributed by atoms with Gasteiger partial charge >= 0.3 is 6.18 Å². The largest absolute Gasteiger partial charge is 0.405 e. The first-order valence-electron chi connectivity index (χ1n) is 12.6. The molecule has 0 bridgehead atoms. The summed E-state index contributed by atoms with van der Waals surface area (Å²) in [5.41, 5.74) is 8.51. The van der Waals surface area contributed by atoms with Crippen LogP contribution < -0.4 is 21.7 Å². The maximum absolute atomic E-state index is 12.9. The van der Waals surface area contributed by atoms with E-state index < -0.39 is 12.7 Å². The van der Waals surface area contributed by atoms with E-state index in [9.17, 15) is 18.0 Å². The summed E-state index contributed by atoms with van der Waals surface area (Å²) in [5, 5.41) is 12.6. The number of carbonyl (C=O) groups is 1. The molecule has 0 fully saturated rings. The molecule has 0 saturated carbocycles. The molecule has 2 rings (SSSR count). The fraction of sp³-hybridized carbons (Fsp3) is 0.462. The monoisotopic (exact) mass is 549 g/mol. The molecule has 0 unspecified atom stereocenters. The van der Waals surface area contributed by atoms with Crippen LogP contribution in [0.2, 0.25) is 0 Å². The van der Waals surface area contributed by atoms with Crippen molar-refractivity contribution in [2.45, 2.75) is 39.3 Å². The molecular weight excluding hydrogens is 511 g/mol. The molecule has 0 atom stereocenters. The van der Waals surface area contributed by atoms with Gasteiger partial charge in [0.2, 0.25) is 0 Å². The zero-order valence-corrected chi connectivity index (χ0v) is 22.8. The van der Waals surface area contributed by atoms with Crippen LogP contribution in [0.5, 0.6) is 0 Å². The zero-order valence-electron chi connectivity index (χ0n) is 22.8. The van der Waals surface area contributed by atoms with Crippen LogP contribution in [0.25, 0.3) is 5.52 Å². The number of amidine groups is 1. The lowest BCUT2D eigenvalue weighted by Crippen LogP contribution is -2.34. The van der Waals surface area contributed by atoms with E-state index in [0.717, 1.165) is 0 Å². The average molecular weight is 550 g/mol. The van der Waals surface area contributed by atoms with Gasteiger partial charge in [0.05, 0.1) is 11.4 Å². The third-order valence-corrected chi connectivity index (χ3v) is 5.56. The highest BCUT2D eigenvalue weighted by atomic mass is 19.4. The van der Waals surface area contributed by atoms with E-state index in [1.54, 1.807) is 10.7 Å². The van der Waals surface area contributed by atoms with Crippen molar-refractivity contribution in [1.29, 1.82) is 0 Å². The number of hydrogen-bond acceptors (Lipinski definition) is 7. The van der Waals surface area contributed by atoms with Crippen LogP contribution in [0.15, 0.2) is 53.6 Å². The number of nitrogens with zero attached hydrogens (tertiary/aromatic N) is 5. The Morgan fingerprint density at radius 1 is 1.21 bits per heavy atom. The van der Waals surface area contributed by atoms with Gasteiger partial charge < -0.3 is 26.6 Å². The van der Waals surface area contributed by atoms with Crippen molar-refractivity contribution in [3.05, 3.63) is 59.7 Å². The maximum atomic E-state index is 12.9. The van der Waals surface area contributed by atoms with Crippen LogP contribution in [0.3, 0.4) is 0 Å². The standard InChI is InChI=1S/C26H38F3N9O/c1-5-7-8-12-22(32-16-26(27,28)29)34-17-33-19(6-2)10-9-11-20-21(25(39)31-13-14-37(3)4)15-38-23(20)24(30)35-18-36-38/h5-7,9-10,15,18,33H,8,11-14,16-17H2,1-4H3,(H,31,39)(H,32,34)(H2,30,35,36)/b7-5-,10-9-,19-6+. The molecule has 0 aliphatic heterocycles. The minimum Gasteiger partial charge on any atom is -0.382 e. The summed E-state index contributed by atoms with van der Waals surface area (Å²) in [4.78, 5) is 23.2. The van der Waals surface area contributed by atoms with Gasteiger partial charge in [0.25, 0.3) is 5.91 Å². The number of alkyl halides is 3. The third-order valence-electron chi connectivity index (χ3n) is 5.56. The second-order valence-electron chi connectivity index (χ2n) is 8.89. The number of allylic oxidation sites excluding steroid dienone is 5. The van der Waals surface area contributed by atoms with Crippen molar-refractivity contribution in [2.24, 2.45) is 4.99 Å². The van der Waals surface area contributed by atoms with Gasteiger partial charge in [0, 0.05) is 31.4 Å². The van der Waals surface area contributed by atoms with Crippen molar-refractivity contribution in [1.82, 2.24) is 35.4 Å². The molecule has 1 amide bonds. The fourth-order valence-electron chi connectivity index (χ4n) is 3.59. The number of rotatable bonds is 14. The first-order chi connectivity index (χ1) is 18.6. The number of nitrogens with one attached hydrogen (secondary N) is 3. The Labute approximate surface area is 226 Å². The van der Waals surface area contributed by atoms with Gasteiger partial charge in [0.1, 0.15) is 25.1 Å². The van der Waals surface area contributed by atoms with Gasteiger partial charge in [-0.15, -0.1) is 0 Å². The summed E-state index contributed by atoms with van der Waals surface area (Å²) in [7, 11) is 3.85. The minimum absolute atomic E-state index is 0.0928. The Morgan fingerprint density at radius 3 is 2.64 bits per heavy atom. The van der Waals surface area contributed by atoms with Crippen molar-refractivity contribution in [2.75, 3.05) is 46.1 Å². The predicted octanol–water partition coefficient (Wildman–Crippen LogP) is 3.06. The van der Waals surface area contributed by atoms with Crippen molar-refractivity contribution in [3.63, 3.8) is 0 Å². The number of amides is 1. The molecule has 5 N–H and O–H groups in total. The number of aliphatic imine (C=N–C) groups is 1. The molecule has 2 heterocycles. The van der Waals surface area contributed by atoms with Crippen LogP contribution in [0.4, 0.5) is 19.0 Å². The van der Waals surface area contributed by atoms with Gasteiger partial charge in [0.15, 0.2) is 5.82 Å². The highest BCUT2D eigenvalue weighted by Crippen LogP contribution is 2.23. The SMILES string of the molecule is C/C=C\CC/C(=N\CNC(/C=C\Cc1c(C(=O)NCCN(C)C)cn2ncnc(N)c12)=C/C)NCC(F)(F)F. The van der Waals surface area contributed by atoms with Crippen LogP contribution in [0.1, 0.15) is 42.6 Å². The molecule has 214 valence electrons. The summed E-state index contributed by atoms with van der Waals surface area (Å²) in [6.45, 7) is 3.81. The Balaban J connectivity index is 2.12. The van der Waals surface area contributed by atoms with Crippen LogP contribution in [-0.2, 0) is 6.42 Å². The molecule has 13 heteroatoms. The van der Waals surface area contributed by atoms with E-state index in [-0.39, 0.29) is 24.2 Å². The molecule has 39 heavy (non-hydrogen) atoms. The summed E-state index contributed by atoms with van der Waals surface area (Å²) in [6.07, 6.45) is 9.16. The Kier molecular flexibility index (Phi) is 12.5. The van der Waals surface area contributed by atoms with Gasteiger partial charge in [-0.2, -0.15) is 18.3 Å². The van der Waals surface area contributed by atoms with Crippen LogP contribution in [-0.4, -0.2) is 77.8 Å². The first-order valence-corrected chi connectivity index (χ1v) is 12.6. The molecule has 0 aromatic carbocycles. The van der Waals surface area contributed by atoms with E-state index in [1.807, 2.05) is 63.2 Å². The van der Waals surface area contributed by atoms with Gasteiger partial charge in [-0.05, 0) is 52.4 Å². The number of likely N-dealkylation sites (N-methyl/N-ethyl adjacent to an activating group) is 1. The van der Waals surface area contributed by atoms with Crippen LogP contribution in [0, 0.1) is 0 Å². The smallest absolute Gasteiger partial charge is 0.382 e. The molecule has 2 aromatic rings. The highest BCUT2D eigenvalue weighted by Gasteiger charge is 2.27. The summed E-state index contributed by atoms with van der Waals surface area (Å²) < 4.78 is 39.5. The number of carbonyl (C=O) groups excluding carboxylic acids is 1. The number of halogens is 3. The first kappa shape index (κ1) is 31.3. The van der Waals surface area contributed by atoms with Crippen LogP contribution >= 0.6 is 0 Å². The zero-order chi connectivity index (χ0) is 28.8. The summed E-state index contributed by atoms with van der Waals surface area (Å²) in [6, 6.07) is 0. The second kappa shape index (κ2) is 15.5. The van der Waals surface area contributed by atoms with E-state index >= 15 is 0 Å². The predicted molar refractivity (Wildman–Crippen MR) is 148 cm³/mol. The summed E-state index contributed by atoms with van der Waals surface area (Å²) >= 11 is 0. The molecule has 2 aromatic heterocycles. The Morgan fingerprint density at radius 2 is 1.97 bits per heavy atom. The molecule has 10 nitrogen and oxygen atoms in total. The molecular formula is C26H38F3N9O. The van der Waals surface area contributed by atoms with Crippen molar-refractivity contribution < 1.29 is 18.0 Å². The quantitative estimate of drug-likeness (QED) is 0.124.